The quantitative estimate of drug-likeness (QED) is 0.831. The summed E-state index contributed by atoms with van der Waals surface area (Å²) in [6.45, 7) is 6.17. The maximum atomic E-state index is 12.4. The van der Waals surface area contributed by atoms with E-state index < -0.39 is 0 Å². The van der Waals surface area contributed by atoms with Crippen molar-refractivity contribution in [2.75, 3.05) is 4.90 Å². The Morgan fingerprint density at radius 2 is 2.00 bits per heavy atom. The van der Waals surface area contributed by atoms with Crippen molar-refractivity contribution in [3.05, 3.63) is 36.2 Å². The van der Waals surface area contributed by atoms with Crippen molar-refractivity contribution in [1.29, 1.82) is 0 Å². The molecular weight excluding hydrogens is 254 g/mol. The van der Waals surface area contributed by atoms with E-state index in [0.717, 1.165) is 12.1 Å². The molecule has 0 radical (unpaired) electrons. The second-order valence-corrected chi connectivity index (χ2v) is 4.84. The number of hydrogen-bond donors (Lipinski definition) is 0. The Morgan fingerprint density at radius 3 is 2.50 bits per heavy atom. The average Bonchev–Trinajstić information content (AvgIpc) is 2.92. The van der Waals surface area contributed by atoms with Gasteiger partial charge < -0.3 is 4.90 Å². The normalized spacial score (nSPS) is 10.8. The van der Waals surface area contributed by atoms with Crippen LogP contribution in [0.5, 0.6) is 0 Å². The number of aryl methyl sites for hydroxylation is 1. The smallest absolute Gasteiger partial charge is 0.250 e. The van der Waals surface area contributed by atoms with Crippen molar-refractivity contribution >= 4 is 11.6 Å². The molecule has 0 aliphatic heterocycles. The molecule has 2 aromatic rings. The molecule has 20 heavy (non-hydrogen) atoms. The Labute approximate surface area is 118 Å². The molecular formula is C14H19N5O. The standard InChI is InChI=1S/C14H19N5O/c1-4-12-5-7-13(8-6-12)19(11(2)3)14(20)9-18-16-10-15-17-18/h5-8,10-11H,4,9H2,1-3H3. The lowest BCUT2D eigenvalue weighted by Crippen LogP contribution is -2.39. The van der Waals surface area contributed by atoms with Crippen LogP contribution in [0.1, 0.15) is 26.3 Å². The molecule has 0 N–H and O–H groups in total. The molecule has 1 aromatic heterocycles. The van der Waals surface area contributed by atoms with Crippen molar-refractivity contribution in [1.82, 2.24) is 20.2 Å². The molecule has 1 heterocycles. The summed E-state index contributed by atoms with van der Waals surface area (Å²) in [7, 11) is 0. The Morgan fingerprint density at radius 1 is 1.30 bits per heavy atom. The third-order valence-electron chi connectivity index (χ3n) is 3.08. The van der Waals surface area contributed by atoms with Crippen molar-refractivity contribution < 1.29 is 4.79 Å². The minimum atomic E-state index is -0.0535. The monoisotopic (exact) mass is 273 g/mol. The number of nitrogens with zero attached hydrogens (tertiary/aromatic N) is 5. The number of hydrogen-bond acceptors (Lipinski definition) is 4. The molecule has 1 amide bonds. The second-order valence-electron chi connectivity index (χ2n) is 4.84. The Kier molecular flexibility index (Phi) is 4.45. The van der Waals surface area contributed by atoms with Crippen molar-refractivity contribution in [2.45, 2.75) is 39.8 Å². The van der Waals surface area contributed by atoms with E-state index in [4.69, 9.17) is 0 Å². The molecule has 0 saturated heterocycles. The maximum absolute atomic E-state index is 12.4. The second kappa shape index (κ2) is 6.27. The van der Waals surface area contributed by atoms with Gasteiger partial charge in [0.05, 0.1) is 0 Å². The highest BCUT2D eigenvalue weighted by atomic mass is 16.2. The first-order valence-corrected chi connectivity index (χ1v) is 6.73. The van der Waals surface area contributed by atoms with E-state index in [1.165, 1.54) is 16.7 Å². The van der Waals surface area contributed by atoms with E-state index in [-0.39, 0.29) is 18.5 Å². The molecule has 6 heteroatoms. The summed E-state index contributed by atoms with van der Waals surface area (Å²) in [5.41, 5.74) is 2.14. The SMILES string of the molecule is CCc1ccc(N(C(=O)Cn2ncnn2)C(C)C)cc1. The van der Waals surface area contributed by atoms with Gasteiger partial charge in [-0.05, 0) is 43.2 Å². The Bertz CT molecular complexity index is 547. The number of tetrazole rings is 1. The minimum Gasteiger partial charge on any atom is -0.308 e. The largest absolute Gasteiger partial charge is 0.308 e. The Balaban J connectivity index is 2.19. The van der Waals surface area contributed by atoms with E-state index in [1.807, 2.05) is 38.1 Å². The summed E-state index contributed by atoms with van der Waals surface area (Å²) in [6.07, 6.45) is 2.31. The average molecular weight is 273 g/mol. The van der Waals surface area contributed by atoms with Gasteiger partial charge >= 0.3 is 0 Å². The lowest BCUT2D eigenvalue weighted by molar-refractivity contribution is -0.119. The van der Waals surface area contributed by atoms with Gasteiger partial charge in [0, 0.05) is 11.7 Å². The van der Waals surface area contributed by atoms with Crippen LogP contribution in [0.4, 0.5) is 5.69 Å². The van der Waals surface area contributed by atoms with Crippen LogP contribution in [0.2, 0.25) is 0 Å². The predicted molar refractivity (Wildman–Crippen MR) is 76.3 cm³/mol. The van der Waals surface area contributed by atoms with Gasteiger partial charge in [-0.25, -0.2) is 0 Å². The summed E-state index contributed by atoms with van der Waals surface area (Å²) >= 11 is 0. The van der Waals surface area contributed by atoms with Crippen LogP contribution in [0, 0.1) is 0 Å². The third kappa shape index (κ3) is 3.20. The molecule has 6 nitrogen and oxygen atoms in total. The van der Waals surface area contributed by atoms with Crippen LogP contribution in [0.25, 0.3) is 0 Å². The molecule has 0 atom stereocenters. The fourth-order valence-corrected chi connectivity index (χ4v) is 2.08. The maximum Gasteiger partial charge on any atom is 0.250 e. The first kappa shape index (κ1) is 14.2. The first-order valence-electron chi connectivity index (χ1n) is 6.73. The zero-order chi connectivity index (χ0) is 14.5. The lowest BCUT2D eigenvalue weighted by Gasteiger charge is -2.26. The molecule has 1 aromatic carbocycles. The molecule has 0 saturated carbocycles. The van der Waals surface area contributed by atoms with Crippen LogP contribution in [0.15, 0.2) is 30.6 Å². The summed E-state index contributed by atoms with van der Waals surface area (Å²) in [4.78, 5) is 15.4. The number of carbonyl (C=O) groups is 1. The zero-order valence-electron chi connectivity index (χ0n) is 12.0. The molecule has 0 fully saturated rings. The third-order valence-corrected chi connectivity index (χ3v) is 3.08. The minimum absolute atomic E-state index is 0.0535. The fraction of sp³-hybridized carbons (Fsp3) is 0.429. The molecule has 0 spiro atoms. The molecule has 0 aliphatic carbocycles. The highest BCUT2D eigenvalue weighted by molar-refractivity contribution is 5.93. The van der Waals surface area contributed by atoms with E-state index in [1.54, 1.807) is 4.90 Å². The molecule has 2 rings (SSSR count). The molecule has 0 aliphatic rings. The van der Waals surface area contributed by atoms with E-state index in [0.29, 0.717) is 0 Å². The van der Waals surface area contributed by atoms with Gasteiger partial charge in [-0.3, -0.25) is 4.79 Å². The predicted octanol–water partition coefficient (Wildman–Crippen LogP) is 1.68. The van der Waals surface area contributed by atoms with E-state index in [9.17, 15) is 4.79 Å². The van der Waals surface area contributed by atoms with Gasteiger partial charge in [-0.15, -0.1) is 10.2 Å². The highest BCUT2D eigenvalue weighted by Crippen LogP contribution is 2.19. The van der Waals surface area contributed by atoms with Crippen LogP contribution in [-0.2, 0) is 17.8 Å². The van der Waals surface area contributed by atoms with E-state index >= 15 is 0 Å². The molecule has 0 bridgehead atoms. The number of amides is 1. The fourth-order valence-electron chi connectivity index (χ4n) is 2.08. The number of aromatic nitrogens is 4. The van der Waals surface area contributed by atoms with Gasteiger partial charge in [0.25, 0.3) is 5.91 Å². The van der Waals surface area contributed by atoms with Gasteiger partial charge in [-0.2, -0.15) is 4.80 Å². The summed E-state index contributed by atoms with van der Waals surface area (Å²) < 4.78 is 0. The van der Waals surface area contributed by atoms with Crippen LogP contribution in [-0.4, -0.2) is 32.2 Å². The van der Waals surface area contributed by atoms with Crippen LogP contribution < -0.4 is 4.90 Å². The van der Waals surface area contributed by atoms with Crippen molar-refractivity contribution in [3.8, 4) is 0 Å². The van der Waals surface area contributed by atoms with Gasteiger partial charge in [0.2, 0.25) is 0 Å². The highest BCUT2D eigenvalue weighted by Gasteiger charge is 2.19. The summed E-state index contributed by atoms with van der Waals surface area (Å²) in [6, 6.07) is 8.12. The van der Waals surface area contributed by atoms with Crippen molar-refractivity contribution in [2.24, 2.45) is 0 Å². The first-order chi connectivity index (χ1) is 9.61. The summed E-state index contributed by atoms with van der Waals surface area (Å²) in [5, 5.41) is 11.2. The van der Waals surface area contributed by atoms with Crippen LogP contribution >= 0.6 is 0 Å². The van der Waals surface area contributed by atoms with Gasteiger partial charge in [-0.1, -0.05) is 19.1 Å². The summed E-state index contributed by atoms with van der Waals surface area (Å²) in [5.74, 6) is -0.0535. The number of anilines is 1. The Hall–Kier alpha value is -2.24. The number of carbonyl (C=O) groups excluding carboxylic acids is 1. The number of rotatable bonds is 5. The molecule has 106 valence electrons. The van der Waals surface area contributed by atoms with Crippen LogP contribution in [0.3, 0.4) is 0 Å². The van der Waals surface area contributed by atoms with E-state index in [2.05, 4.69) is 22.3 Å². The van der Waals surface area contributed by atoms with Crippen molar-refractivity contribution in [3.63, 3.8) is 0 Å². The number of benzene rings is 1. The topological polar surface area (TPSA) is 63.9 Å². The van der Waals surface area contributed by atoms with Gasteiger partial charge in [0.15, 0.2) is 6.33 Å². The zero-order valence-corrected chi connectivity index (χ0v) is 12.0. The lowest BCUT2D eigenvalue weighted by atomic mass is 10.1. The molecule has 0 unspecified atom stereocenters. The van der Waals surface area contributed by atoms with Gasteiger partial charge in [0.1, 0.15) is 6.54 Å².